The first-order valence-electron chi connectivity index (χ1n) is 5.31. The Hall–Kier alpha value is -0.600. The van der Waals surface area contributed by atoms with Crippen LogP contribution in [0.15, 0.2) is 0 Å². The number of hydrogen-bond acceptors (Lipinski definition) is 4. The van der Waals surface area contributed by atoms with E-state index >= 15 is 0 Å². The van der Waals surface area contributed by atoms with Gasteiger partial charge in [-0.3, -0.25) is 5.32 Å². The zero-order valence-electron chi connectivity index (χ0n) is 9.28. The average Bonchev–Trinajstić information content (AvgIpc) is 2.58. The van der Waals surface area contributed by atoms with Crippen molar-refractivity contribution in [1.29, 1.82) is 5.26 Å². The summed E-state index contributed by atoms with van der Waals surface area (Å²) in [5.74, 6) is 0. The van der Waals surface area contributed by atoms with Gasteiger partial charge in [-0.05, 0) is 32.2 Å². The predicted molar refractivity (Wildman–Crippen MR) is 59.1 cm³/mol. The average molecular weight is 230 g/mol. The lowest BCUT2D eigenvalue weighted by atomic mass is 9.99. The van der Waals surface area contributed by atoms with E-state index in [1.807, 2.05) is 6.92 Å². The van der Waals surface area contributed by atoms with Gasteiger partial charge < -0.3 is 0 Å². The van der Waals surface area contributed by atoms with Crippen LogP contribution in [0, 0.1) is 11.3 Å². The second-order valence-electron chi connectivity index (χ2n) is 4.22. The molecule has 1 fully saturated rings. The third-order valence-electron chi connectivity index (χ3n) is 2.99. The number of rotatable bonds is 4. The van der Waals surface area contributed by atoms with E-state index in [-0.39, 0.29) is 0 Å². The molecule has 5 heteroatoms. The van der Waals surface area contributed by atoms with Crippen LogP contribution in [0.25, 0.3) is 0 Å². The Morgan fingerprint density at radius 2 is 2.27 bits per heavy atom. The molecule has 4 nitrogen and oxygen atoms in total. The van der Waals surface area contributed by atoms with Crippen molar-refractivity contribution in [3.8, 4) is 6.07 Å². The second-order valence-corrected chi connectivity index (χ2v) is 6.45. The highest BCUT2D eigenvalue weighted by atomic mass is 32.2. The van der Waals surface area contributed by atoms with Crippen molar-refractivity contribution in [2.45, 2.75) is 43.4 Å². The van der Waals surface area contributed by atoms with Gasteiger partial charge in [0.15, 0.2) is 9.84 Å². The van der Waals surface area contributed by atoms with E-state index < -0.39 is 20.6 Å². The van der Waals surface area contributed by atoms with E-state index in [9.17, 15) is 13.7 Å². The lowest BCUT2D eigenvalue weighted by Gasteiger charge is -2.28. The first kappa shape index (κ1) is 12.5. The van der Waals surface area contributed by atoms with Gasteiger partial charge in [0.2, 0.25) is 0 Å². The monoisotopic (exact) mass is 230 g/mol. The van der Waals surface area contributed by atoms with Crippen molar-refractivity contribution >= 4 is 9.84 Å². The van der Waals surface area contributed by atoms with Gasteiger partial charge in [-0.15, -0.1) is 0 Å². The maximum Gasteiger partial charge on any atom is 0.153 e. The zero-order chi connectivity index (χ0) is 11.5. The normalized spacial score (nSPS) is 31.4. The van der Waals surface area contributed by atoms with Crippen molar-refractivity contribution in [2.75, 3.05) is 12.8 Å². The van der Waals surface area contributed by atoms with Crippen LogP contribution >= 0.6 is 0 Å². The third kappa shape index (κ3) is 2.50. The SMILES string of the molecule is CCCNC1(C#N)CCCC1S(C)(=O)=O. The number of sulfone groups is 1. The zero-order valence-corrected chi connectivity index (χ0v) is 10.1. The maximum absolute atomic E-state index is 11.6. The summed E-state index contributed by atoms with van der Waals surface area (Å²) in [7, 11) is -3.14. The Bertz CT molecular complexity index is 358. The van der Waals surface area contributed by atoms with Crippen molar-refractivity contribution in [2.24, 2.45) is 0 Å². The quantitative estimate of drug-likeness (QED) is 0.777. The fraction of sp³-hybridized carbons (Fsp3) is 0.900. The Morgan fingerprint density at radius 1 is 1.60 bits per heavy atom. The number of hydrogen-bond donors (Lipinski definition) is 1. The molecule has 0 aromatic carbocycles. The molecule has 0 amide bonds. The molecule has 0 saturated heterocycles. The van der Waals surface area contributed by atoms with Crippen LogP contribution in [-0.4, -0.2) is 32.0 Å². The topological polar surface area (TPSA) is 70.0 Å². The highest BCUT2D eigenvalue weighted by Gasteiger charge is 2.48. The minimum absolute atomic E-state index is 0.540. The lowest BCUT2D eigenvalue weighted by molar-refractivity contribution is 0.419. The summed E-state index contributed by atoms with van der Waals surface area (Å²) in [5.41, 5.74) is -0.844. The first-order chi connectivity index (χ1) is 6.96. The molecule has 0 aliphatic heterocycles. The van der Waals surface area contributed by atoms with Crippen molar-refractivity contribution in [3.63, 3.8) is 0 Å². The Balaban J connectivity index is 2.93. The third-order valence-corrected chi connectivity index (χ3v) is 4.67. The summed E-state index contributed by atoms with van der Waals surface area (Å²) in [6.45, 7) is 2.70. The van der Waals surface area contributed by atoms with Gasteiger partial charge in [-0.25, -0.2) is 8.42 Å². The van der Waals surface area contributed by atoms with Crippen molar-refractivity contribution in [1.82, 2.24) is 5.32 Å². The molecule has 1 aliphatic carbocycles. The molecule has 0 bridgehead atoms. The molecule has 1 N–H and O–H groups in total. The van der Waals surface area contributed by atoms with E-state index in [4.69, 9.17) is 0 Å². The van der Waals surface area contributed by atoms with E-state index in [1.54, 1.807) is 0 Å². The van der Waals surface area contributed by atoms with Gasteiger partial charge in [0.25, 0.3) is 0 Å². The lowest BCUT2D eigenvalue weighted by Crippen LogP contribution is -2.53. The minimum atomic E-state index is -3.14. The number of nitrogens with zero attached hydrogens (tertiary/aromatic N) is 1. The van der Waals surface area contributed by atoms with Gasteiger partial charge >= 0.3 is 0 Å². The molecular weight excluding hydrogens is 212 g/mol. The summed E-state index contributed by atoms with van der Waals surface area (Å²) in [6.07, 6.45) is 4.18. The van der Waals surface area contributed by atoms with E-state index in [1.165, 1.54) is 6.26 Å². The minimum Gasteiger partial charge on any atom is -0.298 e. The van der Waals surface area contributed by atoms with Crippen LogP contribution in [0.3, 0.4) is 0 Å². The van der Waals surface area contributed by atoms with Crippen LogP contribution in [0.5, 0.6) is 0 Å². The van der Waals surface area contributed by atoms with E-state index in [2.05, 4.69) is 11.4 Å². The van der Waals surface area contributed by atoms with E-state index in [0.29, 0.717) is 19.4 Å². The predicted octanol–water partition coefficient (Wildman–Crippen LogP) is 0.845. The smallest absolute Gasteiger partial charge is 0.153 e. The fourth-order valence-electron chi connectivity index (χ4n) is 2.27. The molecule has 0 spiro atoms. The van der Waals surface area contributed by atoms with Gasteiger partial charge in [-0.2, -0.15) is 5.26 Å². The van der Waals surface area contributed by atoms with Crippen molar-refractivity contribution < 1.29 is 8.42 Å². The van der Waals surface area contributed by atoms with Gasteiger partial charge in [0, 0.05) is 6.26 Å². The van der Waals surface area contributed by atoms with Gasteiger partial charge in [0.05, 0.1) is 11.3 Å². The molecule has 1 aliphatic rings. The molecule has 0 heterocycles. The molecule has 86 valence electrons. The number of nitrogens with one attached hydrogen (secondary N) is 1. The second kappa shape index (κ2) is 4.50. The maximum atomic E-state index is 11.6. The summed E-state index contributed by atoms with van der Waals surface area (Å²) in [5, 5.41) is 11.8. The molecule has 0 aromatic rings. The van der Waals surface area contributed by atoms with Crippen LogP contribution in [-0.2, 0) is 9.84 Å². The Labute approximate surface area is 91.6 Å². The molecule has 2 atom stereocenters. The summed E-state index contributed by atoms with van der Waals surface area (Å²) in [6, 6.07) is 2.18. The molecular formula is C10H18N2O2S. The van der Waals surface area contributed by atoms with Gasteiger partial charge in [-0.1, -0.05) is 6.92 Å². The molecule has 15 heavy (non-hydrogen) atoms. The fourth-order valence-corrected chi connectivity index (χ4v) is 3.85. The Kier molecular flexibility index (Phi) is 3.74. The molecule has 1 saturated carbocycles. The van der Waals surface area contributed by atoms with E-state index in [0.717, 1.165) is 12.8 Å². The molecule has 2 unspecified atom stereocenters. The van der Waals surface area contributed by atoms with Crippen LogP contribution < -0.4 is 5.32 Å². The standard InChI is InChI=1S/C10H18N2O2S/c1-3-7-12-10(8-11)6-4-5-9(10)15(2,13)14/h9,12H,3-7H2,1-2H3. The number of nitriles is 1. The first-order valence-corrected chi connectivity index (χ1v) is 7.27. The van der Waals surface area contributed by atoms with Gasteiger partial charge in [0.1, 0.15) is 5.54 Å². The summed E-state index contributed by atoms with van der Waals surface area (Å²) >= 11 is 0. The molecule has 0 aromatic heterocycles. The van der Waals surface area contributed by atoms with Crippen molar-refractivity contribution in [3.05, 3.63) is 0 Å². The molecule has 1 rings (SSSR count). The Morgan fingerprint density at radius 3 is 2.73 bits per heavy atom. The largest absolute Gasteiger partial charge is 0.298 e. The highest BCUT2D eigenvalue weighted by Crippen LogP contribution is 2.34. The van der Waals surface area contributed by atoms with Crippen LogP contribution in [0.4, 0.5) is 0 Å². The summed E-state index contributed by atoms with van der Waals surface area (Å²) in [4.78, 5) is 0. The van der Waals surface area contributed by atoms with Crippen LogP contribution in [0.2, 0.25) is 0 Å². The molecule has 0 radical (unpaired) electrons. The highest BCUT2D eigenvalue weighted by molar-refractivity contribution is 7.91. The van der Waals surface area contributed by atoms with Crippen LogP contribution in [0.1, 0.15) is 32.6 Å². The summed E-state index contributed by atoms with van der Waals surface area (Å²) < 4.78 is 23.2.